The van der Waals surface area contributed by atoms with Gasteiger partial charge in [0.05, 0.1) is 5.69 Å². The van der Waals surface area contributed by atoms with Gasteiger partial charge in [0.1, 0.15) is 17.2 Å². The fourth-order valence-corrected chi connectivity index (χ4v) is 1.74. The topological polar surface area (TPSA) is 37.8 Å². The molecule has 0 spiro atoms. The molecule has 1 aromatic heterocycles. The lowest BCUT2D eigenvalue weighted by molar-refractivity contribution is 0.635. The van der Waals surface area contributed by atoms with Crippen LogP contribution in [0.2, 0.25) is 0 Å². The summed E-state index contributed by atoms with van der Waals surface area (Å²) in [6.45, 7) is 2.61. The van der Waals surface area contributed by atoms with E-state index < -0.39 is 0 Å². The second kappa shape index (κ2) is 4.53. The molecule has 0 aliphatic carbocycles. The van der Waals surface area contributed by atoms with Crippen LogP contribution in [0.4, 0.5) is 4.39 Å². The van der Waals surface area contributed by atoms with E-state index in [1.165, 1.54) is 6.07 Å². The molecule has 0 radical (unpaired) electrons. The molecule has 0 aliphatic heterocycles. The van der Waals surface area contributed by atoms with Crippen molar-refractivity contribution in [3.8, 4) is 0 Å². The number of fused-ring (bicyclic) bond motifs is 1. The second-order valence-electron chi connectivity index (χ2n) is 3.71. The van der Waals surface area contributed by atoms with E-state index in [-0.39, 0.29) is 5.82 Å². The number of hydrogen-bond donors (Lipinski definition) is 1. The van der Waals surface area contributed by atoms with Crippen LogP contribution in [0, 0.1) is 12.7 Å². The Hall–Kier alpha value is -1.55. The summed E-state index contributed by atoms with van der Waals surface area (Å²) >= 11 is 0. The van der Waals surface area contributed by atoms with Gasteiger partial charge in [-0.1, -0.05) is 12.1 Å². The molecule has 16 heavy (non-hydrogen) atoms. The summed E-state index contributed by atoms with van der Waals surface area (Å²) in [5, 5.41) is 3.87. The van der Waals surface area contributed by atoms with Crippen LogP contribution >= 0.6 is 0 Å². The fourth-order valence-electron chi connectivity index (χ4n) is 1.74. The minimum Gasteiger partial charge on any atom is -0.319 e. The molecule has 0 unspecified atom stereocenters. The first kappa shape index (κ1) is 11.0. The molecule has 0 fully saturated rings. The average Bonchev–Trinajstić information content (AvgIpc) is 2.27. The number of aromatic nitrogens is 2. The van der Waals surface area contributed by atoms with Crippen LogP contribution in [0.3, 0.4) is 0 Å². The third kappa shape index (κ3) is 2.02. The summed E-state index contributed by atoms with van der Waals surface area (Å²) in [6, 6.07) is 4.98. The minimum absolute atomic E-state index is 0.284. The van der Waals surface area contributed by atoms with E-state index in [9.17, 15) is 4.39 Å². The van der Waals surface area contributed by atoms with E-state index in [0.29, 0.717) is 11.3 Å². The van der Waals surface area contributed by atoms with E-state index in [4.69, 9.17) is 0 Å². The standard InChI is InChI=1S/C12H14FN3/c1-8-15-11(6-7-14-2)9-4-3-5-10(13)12(9)16-8/h3-5,14H,6-7H2,1-2H3. The highest BCUT2D eigenvalue weighted by atomic mass is 19.1. The second-order valence-corrected chi connectivity index (χ2v) is 3.71. The number of nitrogens with zero attached hydrogens (tertiary/aromatic N) is 2. The Bertz CT molecular complexity index is 511. The van der Waals surface area contributed by atoms with Gasteiger partial charge in [0.25, 0.3) is 0 Å². The first-order chi connectivity index (χ1) is 7.72. The summed E-state index contributed by atoms with van der Waals surface area (Å²) in [5.41, 5.74) is 1.32. The summed E-state index contributed by atoms with van der Waals surface area (Å²) in [7, 11) is 1.89. The average molecular weight is 219 g/mol. The molecule has 2 aromatic rings. The third-order valence-electron chi connectivity index (χ3n) is 2.48. The molecule has 0 saturated heterocycles. The first-order valence-corrected chi connectivity index (χ1v) is 5.28. The molecule has 0 amide bonds. The molecule has 3 nitrogen and oxygen atoms in total. The molecule has 1 aromatic carbocycles. The van der Waals surface area contributed by atoms with Crippen LogP contribution in [0.25, 0.3) is 10.9 Å². The van der Waals surface area contributed by atoms with Gasteiger partial charge in [-0.25, -0.2) is 14.4 Å². The van der Waals surface area contributed by atoms with Crippen molar-refractivity contribution in [2.45, 2.75) is 13.3 Å². The van der Waals surface area contributed by atoms with Gasteiger partial charge in [0.2, 0.25) is 0 Å². The van der Waals surface area contributed by atoms with Gasteiger partial charge in [0.15, 0.2) is 0 Å². The molecule has 4 heteroatoms. The highest BCUT2D eigenvalue weighted by Crippen LogP contribution is 2.18. The van der Waals surface area contributed by atoms with Crippen molar-refractivity contribution in [3.63, 3.8) is 0 Å². The number of hydrogen-bond acceptors (Lipinski definition) is 3. The number of halogens is 1. The van der Waals surface area contributed by atoms with E-state index in [0.717, 1.165) is 24.0 Å². The van der Waals surface area contributed by atoms with E-state index in [1.54, 1.807) is 13.0 Å². The molecule has 0 bridgehead atoms. The SMILES string of the molecule is CNCCc1nc(C)nc2c(F)cccc12. The predicted octanol–water partition coefficient (Wildman–Crippen LogP) is 1.84. The van der Waals surface area contributed by atoms with Crippen molar-refractivity contribution in [1.29, 1.82) is 0 Å². The number of nitrogens with one attached hydrogen (secondary N) is 1. The maximum Gasteiger partial charge on any atom is 0.149 e. The first-order valence-electron chi connectivity index (χ1n) is 5.28. The van der Waals surface area contributed by atoms with Gasteiger partial charge in [-0.2, -0.15) is 0 Å². The molecular weight excluding hydrogens is 205 g/mol. The lowest BCUT2D eigenvalue weighted by Gasteiger charge is -2.06. The molecule has 1 N–H and O–H groups in total. The maximum absolute atomic E-state index is 13.6. The number of benzene rings is 1. The summed E-state index contributed by atoms with van der Waals surface area (Å²) in [6.07, 6.45) is 0.778. The predicted molar refractivity (Wildman–Crippen MR) is 61.9 cm³/mol. The van der Waals surface area contributed by atoms with Gasteiger partial charge in [-0.15, -0.1) is 0 Å². The van der Waals surface area contributed by atoms with Crippen LogP contribution in [-0.2, 0) is 6.42 Å². The van der Waals surface area contributed by atoms with Gasteiger partial charge in [0, 0.05) is 18.4 Å². The van der Waals surface area contributed by atoms with Gasteiger partial charge in [-0.05, 0) is 20.0 Å². The zero-order valence-electron chi connectivity index (χ0n) is 9.42. The monoisotopic (exact) mass is 219 g/mol. The normalized spacial score (nSPS) is 10.9. The largest absolute Gasteiger partial charge is 0.319 e. The highest BCUT2D eigenvalue weighted by molar-refractivity contribution is 5.81. The molecule has 0 aliphatic rings. The maximum atomic E-state index is 13.6. The molecular formula is C12H14FN3. The Kier molecular flexibility index (Phi) is 3.10. The van der Waals surface area contributed by atoms with Crippen molar-refractivity contribution in [2.24, 2.45) is 0 Å². The van der Waals surface area contributed by atoms with Crippen molar-refractivity contribution in [2.75, 3.05) is 13.6 Å². The Labute approximate surface area is 93.7 Å². The molecule has 0 atom stereocenters. The van der Waals surface area contributed by atoms with Crippen LogP contribution in [0.5, 0.6) is 0 Å². The quantitative estimate of drug-likeness (QED) is 0.856. The van der Waals surface area contributed by atoms with Gasteiger partial charge >= 0.3 is 0 Å². The lowest BCUT2D eigenvalue weighted by atomic mass is 10.1. The molecule has 2 rings (SSSR count). The number of likely N-dealkylation sites (N-methyl/N-ethyl adjacent to an activating group) is 1. The molecule has 84 valence electrons. The Morgan fingerprint density at radius 3 is 2.88 bits per heavy atom. The lowest BCUT2D eigenvalue weighted by Crippen LogP contribution is -2.12. The summed E-state index contributed by atoms with van der Waals surface area (Å²) in [5.74, 6) is 0.331. The Morgan fingerprint density at radius 1 is 1.31 bits per heavy atom. The smallest absolute Gasteiger partial charge is 0.149 e. The van der Waals surface area contributed by atoms with Gasteiger partial charge < -0.3 is 5.32 Å². The Balaban J connectivity index is 2.59. The summed E-state index contributed by atoms with van der Waals surface area (Å²) in [4.78, 5) is 8.50. The zero-order valence-corrected chi connectivity index (χ0v) is 9.42. The van der Waals surface area contributed by atoms with Crippen LogP contribution < -0.4 is 5.32 Å². The van der Waals surface area contributed by atoms with E-state index >= 15 is 0 Å². The zero-order chi connectivity index (χ0) is 11.5. The van der Waals surface area contributed by atoms with Crippen LogP contribution in [0.1, 0.15) is 11.5 Å². The summed E-state index contributed by atoms with van der Waals surface area (Å²) < 4.78 is 13.6. The number of rotatable bonds is 3. The Morgan fingerprint density at radius 2 is 2.12 bits per heavy atom. The fraction of sp³-hybridized carbons (Fsp3) is 0.333. The van der Waals surface area contributed by atoms with E-state index in [1.807, 2.05) is 13.1 Å². The van der Waals surface area contributed by atoms with E-state index in [2.05, 4.69) is 15.3 Å². The number of para-hydroxylation sites is 1. The highest BCUT2D eigenvalue weighted by Gasteiger charge is 2.08. The molecule has 1 heterocycles. The minimum atomic E-state index is -0.284. The van der Waals surface area contributed by atoms with Crippen molar-refractivity contribution < 1.29 is 4.39 Å². The van der Waals surface area contributed by atoms with Crippen molar-refractivity contribution >= 4 is 10.9 Å². The van der Waals surface area contributed by atoms with Gasteiger partial charge in [-0.3, -0.25) is 0 Å². The third-order valence-corrected chi connectivity index (χ3v) is 2.48. The van der Waals surface area contributed by atoms with Crippen molar-refractivity contribution in [1.82, 2.24) is 15.3 Å². The van der Waals surface area contributed by atoms with Crippen LogP contribution in [-0.4, -0.2) is 23.6 Å². The number of aryl methyl sites for hydroxylation is 1. The van der Waals surface area contributed by atoms with Crippen LogP contribution in [0.15, 0.2) is 18.2 Å². The molecule has 0 saturated carbocycles. The van der Waals surface area contributed by atoms with Crippen molar-refractivity contribution in [3.05, 3.63) is 35.5 Å².